The van der Waals surface area contributed by atoms with Gasteiger partial charge in [-0.2, -0.15) is 0 Å². The van der Waals surface area contributed by atoms with Gasteiger partial charge in [0.2, 0.25) is 0 Å². The van der Waals surface area contributed by atoms with Gasteiger partial charge >= 0.3 is 6.09 Å². The number of ether oxygens (including phenoxy) is 1. The van der Waals surface area contributed by atoms with Gasteiger partial charge < -0.3 is 15.0 Å². The van der Waals surface area contributed by atoms with Crippen molar-refractivity contribution in [2.75, 3.05) is 19.6 Å². The van der Waals surface area contributed by atoms with E-state index in [4.69, 9.17) is 4.74 Å². The molecule has 1 N–H and O–H groups in total. The highest BCUT2D eigenvalue weighted by Crippen LogP contribution is 2.15. The summed E-state index contributed by atoms with van der Waals surface area (Å²) in [5.41, 5.74) is 0.313. The minimum absolute atomic E-state index is 0. The third-order valence-electron chi connectivity index (χ3n) is 3.73. The van der Waals surface area contributed by atoms with E-state index in [9.17, 15) is 13.6 Å². The van der Waals surface area contributed by atoms with Crippen molar-refractivity contribution in [3.63, 3.8) is 0 Å². The van der Waals surface area contributed by atoms with Crippen LogP contribution in [0.4, 0.5) is 13.6 Å². The van der Waals surface area contributed by atoms with Crippen molar-refractivity contribution in [3.05, 3.63) is 35.4 Å². The minimum atomic E-state index is -0.671. The van der Waals surface area contributed by atoms with Crippen LogP contribution in [0.2, 0.25) is 0 Å². The molecule has 1 aliphatic rings. The zero-order valence-electron chi connectivity index (χ0n) is 13.2. The van der Waals surface area contributed by atoms with Crippen molar-refractivity contribution in [1.29, 1.82) is 0 Å². The van der Waals surface area contributed by atoms with Gasteiger partial charge in [0.1, 0.15) is 18.2 Å². The highest BCUT2D eigenvalue weighted by molar-refractivity contribution is 5.85. The fraction of sp³-hybridized carbons (Fsp3) is 0.562. The molecule has 1 fully saturated rings. The second kappa shape index (κ2) is 9.67. The van der Waals surface area contributed by atoms with Gasteiger partial charge in [0.05, 0.1) is 0 Å². The molecule has 1 saturated heterocycles. The van der Waals surface area contributed by atoms with Gasteiger partial charge in [0, 0.05) is 18.7 Å². The molecule has 4 nitrogen and oxygen atoms in total. The number of amides is 1. The molecule has 2 rings (SSSR count). The average Bonchev–Trinajstić information content (AvgIpc) is 2.50. The molecule has 0 saturated carbocycles. The zero-order valence-corrected chi connectivity index (χ0v) is 14.0. The lowest BCUT2D eigenvalue weighted by molar-refractivity contribution is 0.0733. The molecule has 130 valence electrons. The summed E-state index contributed by atoms with van der Waals surface area (Å²) in [6, 6.07) is 3.30. The normalized spacial score (nSPS) is 14.9. The van der Waals surface area contributed by atoms with Crippen molar-refractivity contribution in [2.24, 2.45) is 0 Å². The van der Waals surface area contributed by atoms with E-state index in [0.29, 0.717) is 12.1 Å². The van der Waals surface area contributed by atoms with Crippen LogP contribution in [0.3, 0.4) is 0 Å². The van der Waals surface area contributed by atoms with Crippen molar-refractivity contribution in [1.82, 2.24) is 10.2 Å². The third-order valence-corrected chi connectivity index (χ3v) is 3.73. The molecule has 7 heteroatoms. The van der Waals surface area contributed by atoms with E-state index in [1.165, 1.54) is 12.1 Å². The molecule has 0 spiro atoms. The highest BCUT2D eigenvalue weighted by atomic mass is 35.5. The van der Waals surface area contributed by atoms with Crippen LogP contribution in [0.5, 0.6) is 0 Å². The van der Waals surface area contributed by atoms with E-state index in [1.54, 1.807) is 4.90 Å². The van der Waals surface area contributed by atoms with Gasteiger partial charge in [-0.3, -0.25) is 0 Å². The number of nitrogens with one attached hydrogen (secondary N) is 1. The summed E-state index contributed by atoms with van der Waals surface area (Å²) < 4.78 is 31.5. The van der Waals surface area contributed by atoms with Crippen LogP contribution in [0.15, 0.2) is 18.2 Å². The fourth-order valence-electron chi connectivity index (χ4n) is 2.70. The van der Waals surface area contributed by atoms with Crippen LogP contribution >= 0.6 is 12.4 Å². The Balaban J connectivity index is 0.00000264. The Kier molecular flexibility index (Phi) is 8.26. The Labute approximate surface area is 141 Å². The molecule has 1 heterocycles. The first-order valence-electron chi connectivity index (χ1n) is 7.69. The SMILES string of the molecule is CCCN(C(=O)OCc1cc(F)cc(F)c1)C1CCNCC1.Cl. The highest BCUT2D eigenvalue weighted by Gasteiger charge is 2.25. The molecule has 1 aromatic carbocycles. The summed E-state index contributed by atoms with van der Waals surface area (Å²) in [7, 11) is 0. The lowest BCUT2D eigenvalue weighted by Crippen LogP contribution is -2.46. The standard InChI is InChI=1S/C16H22F2N2O2.ClH/c1-2-7-20(15-3-5-19-6-4-15)16(21)22-11-12-8-13(17)10-14(18)9-12;/h8-10,15,19H,2-7,11H2,1H3;1H. The predicted octanol–water partition coefficient (Wildman–Crippen LogP) is 3.49. The van der Waals surface area contributed by atoms with E-state index in [1.807, 2.05) is 6.92 Å². The molecule has 1 amide bonds. The van der Waals surface area contributed by atoms with Gasteiger partial charge in [-0.15, -0.1) is 12.4 Å². The summed E-state index contributed by atoms with van der Waals surface area (Å²) >= 11 is 0. The van der Waals surface area contributed by atoms with Gasteiger partial charge in [-0.05, 0) is 50.0 Å². The molecule has 0 aromatic heterocycles. The Morgan fingerprint density at radius 2 is 1.87 bits per heavy atom. The monoisotopic (exact) mass is 348 g/mol. The van der Waals surface area contributed by atoms with E-state index < -0.39 is 17.7 Å². The number of hydrogen-bond donors (Lipinski definition) is 1. The first kappa shape index (κ1) is 19.6. The minimum Gasteiger partial charge on any atom is -0.445 e. The number of halogens is 3. The zero-order chi connectivity index (χ0) is 15.9. The van der Waals surface area contributed by atoms with Gasteiger partial charge in [0.15, 0.2) is 0 Å². The van der Waals surface area contributed by atoms with E-state index in [-0.39, 0.29) is 25.1 Å². The number of nitrogens with zero attached hydrogens (tertiary/aromatic N) is 1. The molecular weight excluding hydrogens is 326 g/mol. The number of carbonyl (C=O) groups excluding carboxylic acids is 1. The van der Waals surface area contributed by atoms with E-state index >= 15 is 0 Å². The first-order valence-corrected chi connectivity index (χ1v) is 7.69. The summed E-state index contributed by atoms with van der Waals surface area (Å²) in [6.45, 7) is 4.27. The maximum absolute atomic E-state index is 13.1. The number of piperidine rings is 1. The van der Waals surface area contributed by atoms with Crippen molar-refractivity contribution < 1.29 is 18.3 Å². The smallest absolute Gasteiger partial charge is 0.410 e. The Hall–Kier alpha value is -1.40. The Bertz CT molecular complexity index is 491. The van der Waals surface area contributed by atoms with Crippen LogP contribution in [0.25, 0.3) is 0 Å². The molecule has 1 aromatic rings. The lowest BCUT2D eigenvalue weighted by atomic mass is 10.1. The molecular formula is C16H23ClF2N2O2. The average molecular weight is 349 g/mol. The number of rotatable bonds is 5. The summed E-state index contributed by atoms with van der Waals surface area (Å²) in [5.74, 6) is -1.34. The fourth-order valence-corrected chi connectivity index (χ4v) is 2.70. The number of carbonyl (C=O) groups is 1. The molecule has 0 aliphatic carbocycles. The van der Waals surface area contributed by atoms with Crippen molar-refractivity contribution in [2.45, 2.75) is 38.8 Å². The molecule has 0 atom stereocenters. The quantitative estimate of drug-likeness (QED) is 0.885. The van der Waals surface area contributed by atoms with Crippen LogP contribution in [0, 0.1) is 11.6 Å². The van der Waals surface area contributed by atoms with Crippen LogP contribution in [-0.4, -0.2) is 36.7 Å². The maximum Gasteiger partial charge on any atom is 0.410 e. The van der Waals surface area contributed by atoms with Gasteiger partial charge in [0.25, 0.3) is 0 Å². The van der Waals surface area contributed by atoms with Crippen LogP contribution < -0.4 is 5.32 Å². The van der Waals surface area contributed by atoms with Crippen molar-refractivity contribution in [3.8, 4) is 0 Å². The molecule has 0 bridgehead atoms. The second-order valence-corrected chi connectivity index (χ2v) is 5.51. The second-order valence-electron chi connectivity index (χ2n) is 5.51. The molecule has 1 aliphatic heterocycles. The molecule has 0 radical (unpaired) electrons. The molecule has 0 unspecified atom stereocenters. The van der Waals surface area contributed by atoms with Crippen LogP contribution in [0.1, 0.15) is 31.7 Å². The van der Waals surface area contributed by atoms with E-state index in [2.05, 4.69) is 5.32 Å². The Morgan fingerprint density at radius 3 is 2.43 bits per heavy atom. The number of benzene rings is 1. The van der Waals surface area contributed by atoms with Gasteiger partial charge in [-0.25, -0.2) is 13.6 Å². The number of hydrogen-bond acceptors (Lipinski definition) is 3. The summed E-state index contributed by atoms with van der Waals surface area (Å²) in [6.07, 6.45) is 2.21. The maximum atomic E-state index is 13.1. The van der Waals surface area contributed by atoms with Gasteiger partial charge in [-0.1, -0.05) is 6.92 Å². The molecule has 23 heavy (non-hydrogen) atoms. The summed E-state index contributed by atoms with van der Waals surface area (Å²) in [5, 5.41) is 3.26. The van der Waals surface area contributed by atoms with Crippen molar-refractivity contribution >= 4 is 18.5 Å². The van der Waals surface area contributed by atoms with E-state index in [0.717, 1.165) is 38.4 Å². The third kappa shape index (κ3) is 5.95. The lowest BCUT2D eigenvalue weighted by Gasteiger charge is -2.33. The summed E-state index contributed by atoms with van der Waals surface area (Å²) in [4.78, 5) is 14.0. The predicted molar refractivity (Wildman–Crippen MR) is 86.7 cm³/mol. The largest absolute Gasteiger partial charge is 0.445 e. The topological polar surface area (TPSA) is 41.6 Å². The van der Waals surface area contributed by atoms with Crippen LogP contribution in [-0.2, 0) is 11.3 Å². The Morgan fingerprint density at radius 1 is 1.26 bits per heavy atom. The first-order chi connectivity index (χ1) is 10.6.